The summed E-state index contributed by atoms with van der Waals surface area (Å²) in [5, 5.41) is 5.73. The van der Waals surface area contributed by atoms with Gasteiger partial charge in [-0.25, -0.2) is 0 Å². The molecule has 2 aromatic carbocycles. The van der Waals surface area contributed by atoms with Gasteiger partial charge >= 0.3 is 0 Å². The van der Waals surface area contributed by atoms with Gasteiger partial charge in [-0.2, -0.15) is 0 Å². The Hall–Kier alpha value is -1.91. The molecule has 3 aliphatic rings. The monoisotopic (exact) mass is 336 g/mol. The van der Waals surface area contributed by atoms with E-state index in [0.29, 0.717) is 12.0 Å². The summed E-state index contributed by atoms with van der Waals surface area (Å²) in [5.41, 5.74) is 0.780. The Morgan fingerprint density at radius 3 is 2.62 bits per heavy atom. The molecule has 3 nitrogen and oxygen atoms in total. The molecular formula is C20H20N2OS. The summed E-state index contributed by atoms with van der Waals surface area (Å²) >= 11 is 1.79. The van der Waals surface area contributed by atoms with Crippen LogP contribution in [0.15, 0.2) is 42.5 Å². The number of carbonyl (C=O) groups excluding carboxylic acids is 1. The van der Waals surface area contributed by atoms with Gasteiger partial charge in [0.1, 0.15) is 0 Å². The van der Waals surface area contributed by atoms with E-state index in [1.54, 1.807) is 11.3 Å². The molecule has 6 rings (SSSR count). The van der Waals surface area contributed by atoms with Crippen LogP contribution in [0.2, 0.25) is 0 Å². The Morgan fingerprint density at radius 2 is 1.83 bits per heavy atom. The minimum atomic E-state index is 0.0749. The molecule has 2 bridgehead atoms. The van der Waals surface area contributed by atoms with Crippen LogP contribution in [0.5, 0.6) is 0 Å². The predicted molar refractivity (Wildman–Crippen MR) is 99.7 cm³/mol. The first-order chi connectivity index (χ1) is 11.8. The molecule has 0 unspecified atom stereocenters. The van der Waals surface area contributed by atoms with Gasteiger partial charge in [0.15, 0.2) is 0 Å². The van der Waals surface area contributed by atoms with Crippen molar-refractivity contribution in [1.82, 2.24) is 10.2 Å². The van der Waals surface area contributed by atoms with Crippen LogP contribution in [0.3, 0.4) is 0 Å². The van der Waals surface area contributed by atoms with Crippen LogP contribution in [0.1, 0.15) is 23.2 Å². The second-order valence-corrected chi connectivity index (χ2v) is 8.11. The van der Waals surface area contributed by atoms with Crippen molar-refractivity contribution >= 4 is 37.4 Å². The summed E-state index contributed by atoms with van der Waals surface area (Å²) in [6, 6.07) is 14.9. The smallest absolute Gasteiger partial charge is 0.251 e. The second-order valence-electron chi connectivity index (χ2n) is 7.03. The van der Waals surface area contributed by atoms with Gasteiger partial charge in [0.05, 0.1) is 0 Å². The molecular weight excluding hydrogens is 316 g/mol. The van der Waals surface area contributed by atoms with Gasteiger partial charge in [0.2, 0.25) is 0 Å². The van der Waals surface area contributed by atoms with Crippen molar-refractivity contribution in [2.24, 2.45) is 5.92 Å². The van der Waals surface area contributed by atoms with Gasteiger partial charge in [0.25, 0.3) is 5.91 Å². The SMILES string of the molecule is O=C(N[C@H]1CN2CCC1CC2)c1ccc2sc3ccccc3c2c1. The minimum Gasteiger partial charge on any atom is -0.348 e. The fourth-order valence-electron chi connectivity index (χ4n) is 4.25. The molecule has 4 heteroatoms. The van der Waals surface area contributed by atoms with Crippen LogP contribution in [-0.4, -0.2) is 36.5 Å². The highest BCUT2D eigenvalue weighted by Gasteiger charge is 2.34. The lowest BCUT2D eigenvalue weighted by Crippen LogP contribution is -2.57. The van der Waals surface area contributed by atoms with Crippen molar-refractivity contribution in [2.75, 3.05) is 19.6 Å². The average molecular weight is 336 g/mol. The molecule has 1 atom stereocenters. The number of benzene rings is 2. The number of nitrogens with one attached hydrogen (secondary N) is 1. The lowest BCUT2D eigenvalue weighted by Gasteiger charge is -2.44. The highest BCUT2D eigenvalue weighted by Crippen LogP contribution is 2.34. The van der Waals surface area contributed by atoms with Crippen molar-refractivity contribution in [3.05, 3.63) is 48.0 Å². The van der Waals surface area contributed by atoms with Crippen LogP contribution in [0.25, 0.3) is 20.2 Å². The zero-order valence-corrected chi connectivity index (χ0v) is 14.3. The van der Waals surface area contributed by atoms with E-state index in [2.05, 4.69) is 46.6 Å². The molecule has 24 heavy (non-hydrogen) atoms. The maximum atomic E-state index is 12.8. The van der Waals surface area contributed by atoms with Crippen LogP contribution in [0, 0.1) is 5.92 Å². The Balaban J connectivity index is 1.45. The molecule has 4 heterocycles. The number of hydrogen-bond acceptors (Lipinski definition) is 3. The van der Waals surface area contributed by atoms with Gasteiger partial charge in [-0.05, 0) is 56.1 Å². The van der Waals surface area contributed by atoms with Crippen molar-refractivity contribution in [3.63, 3.8) is 0 Å². The van der Waals surface area contributed by atoms with E-state index in [1.165, 1.54) is 46.1 Å². The Bertz CT molecular complexity index is 924. The van der Waals surface area contributed by atoms with E-state index in [1.807, 2.05) is 6.07 Å². The van der Waals surface area contributed by atoms with Gasteiger partial charge in [-0.1, -0.05) is 18.2 Å². The first-order valence-electron chi connectivity index (χ1n) is 8.72. The van der Waals surface area contributed by atoms with Crippen LogP contribution < -0.4 is 5.32 Å². The number of nitrogens with zero attached hydrogens (tertiary/aromatic N) is 1. The zero-order chi connectivity index (χ0) is 16.1. The summed E-state index contributed by atoms with van der Waals surface area (Å²) in [6.45, 7) is 3.41. The van der Waals surface area contributed by atoms with E-state index in [0.717, 1.165) is 12.1 Å². The largest absolute Gasteiger partial charge is 0.348 e. The third-order valence-corrected chi connectivity index (χ3v) is 6.76. The highest BCUT2D eigenvalue weighted by atomic mass is 32.1. The van der Waals surface area contributed by atoms with Crippen LogP contribution in [-0.2, 0) is 0 Å². The van der Waals surface area contributed by atoms with Crippen molar-refractivity contribution < 1.29 is 4.79 Å². The Labute approximate surface area is 145 Å². The summed E-state index contributed by atoms with van der Waals surface area (Å²) < 4.78 is 2.53. The molecule has 1 aromatic heterocycles. The predicted octanol–water partition coefficient (Wildman–Crippen LogP) is 3.88. The van der Waals surface area contributed by atoms with E-state index < -0.39 is 0 Å². The van der Waals surface area contributed by atoms with Gasteiger partial charge in [0, 0.05) is 38.3 Å². The van der Waals surface area contributed by atoms with Crippen molar-refractivity contribution in [1.29, 1.82) is 0 Å². The van der Waals surface area contributed by atoms with E-state index in [-0.39, 0.29) is 5.91 Å². The maximum absolute atomic E-state index is 12.8. The lowest BCUT2D eigenvalue weighted by molar-refractivity contribution is 0.0620. The molecule has 0 aliphatic carbocycles. The number of rotatable bonds is 2. The first-order valence-corrected chi connectivity index (χ1v) is 9.54. The maximum Gasteiger partial charge on any atom is 0.251 e. The van der Waals surface area contributed by atoms with Gasteiger partial charge < -0.3 is 10.2 Å². The first kappa shape index (κ1) is 14.4. The van der Waals surface area contributed by atoms with Crippen molar-refractivity contribution in [2.45, 2.75) is 18.9 Å². The standard InChI is InChI=1S/C20H20N2OS/c23-20(21-17-12-22-9-7-13(17)8-10-22)14-5-6-19-16(11-14)15-3-1-2-4-18(15)24-19/h1-6,11,13,17H,7-10,12H2,(H,21,23)/t17-/m0/s1. The van der Waals surface area contributed by atoms with Crippen molar-refractivity contribution in [3.8, 4) is 0 Å². The fourth-order valence-corrected chi connectivity index (χ4v) is 5.33. The van der Waals surface area contributed by atoms with Crippen LogP contribution in [0.4, 0.5) is 0 Å². The zero-order valence-electron chi connectivity index (χ0n) is 13.5. The van der Waals surface area contributed by atoms with Gasteiger partial charge in [-0.15, -0.1) is 11.3 Å². The number of piperidine rings is 3. The molecule has 3 fully saturated rings. The molecule has 3 aromatic rings. The Morgan fingerprint density at radius 1 is 1.04 bits per heavy atom. The van der Waals surface area contributed by atoms with E-state index in [9.17, 15) is 4.79 Å². The fraction of sp³-hybridized carbons (Fsp3) is 0.350. The molecule has 1 N–H and O–H groups in total. The quantitative estimate of drug-likeness (QED) is 0.770. The number of amides is 1. The molecule has 0 radical (unpaired) electrons. The molecule has 3 aliphatic heterocycles. The number of carbonyl (C=O) groups is 1. The number of fused-ring (bicyclic) bond motifs is 6. The molecule has 1 amide bonds. The molecule has 122 valence electrons. The summed E-state index contributed by atoms with van der Waals surface area (Å²) in [4.78, 5) is 15.2. The second kappa shape index (κ2) is 5.57. The van der Waals surface area contributed by atoms with Gasteiger partial charge in [-0.3, -0.25) is 4.79 Å². The topological polar surface area (TPSA) is 32.3 Å². The molecule has 0 saturated carbocycles. The Kier molecular flexibility index (Phi) is 3.35. The highest BCUT2D eigenvalue weighted by molar-refractivity contribution is 7.25. The summed E-state index contributed by atoms with van der Waals surface area (Å²) in [5.74, 6) is 0.732. The third-order valence-electron chi connectivity index (χ3n) is 5.61. The normalized spacial score (nSPS) is 26.1. The third kappa shape index (κ3) is 2.33. The van der Waals surface area contributed by atoms with Crippen LogP contribution >= 0.6 is 11.3 Å². The molecule has 3 saturated heterocycles. The van der Waals surface area contributed by atoms with E-state index >= 15 is 0 Å². The number of hydrogen-bond donors (Lipinski definition) is 1. The van der Waals surface area contributed by atoms with E-state index in [4.69, 9.17) is 0 Å². The lowest BCUT2D eigenvalue weighted by atomic mass is 9.84. The molecule has 0 spiro atoms. The minimum absolute atomic E-state index is 0.0749. The summed E-state index contributed by atoms with van der Waals surface area (Å²) in [6.07, 6.45) is 2.44. The average Bonchev–Trinajstić information content (AvgIpc) is 3.00. The number of thiophene rings is 1. The summed E-state index contributed by atoms with van der Waals surface area (Å²) in [7, 11) is 0.